The van der Waals surface area contributed by atoms with Crippen LogP contribution >= 0.6 is 11.3 Å². The maximum Gasteiger partial charge on any atom is 0.321 e. The first-order chi connectivity index (χ1) is 9.26. The number of anilines is 2. The summed E-state index contributed by atoms with van der Waals surface area (Å²) in [7, 11) is 1.51. The fourth-order valence-corrected chi connectivity index (χ4v) is 2.10. The van der Waals surface area contributed by atoms with Crippen LogP contribution in [0.2, 0.25) is 0 Å². The van der Waals surface area contributed by atoms with E-state index in [1.54, 1.807) is 6.20 Å². The lowest BCUT2D eigenvalue weighted by Gasteiger charge is -2.04. The number of thiazole rings is 1. The molecule has 0 spiro atoms. The quantitative estimate of drug-likeness (QED) is 0.410. The number of nitrogens with zero attached hydrogens (tertiary/aromatic N) is 1. The van der Waals surface area contributed by atoms with Crippen LogP contribution in [0.4, 0.5) is 14.9 Å². The van der Waals surface area contributed by atoms with E-state index in [-0.39, 0.29) is 12.6 Å². The molecule has 0 saturated carbocycles. The second kappa shape index (κ2) is 9.54. The molecule has 0 saturated heterocycles. The smallest absolute Gasteiger partial charge is 0.321 e. The third-order valence-corrected chi connectivity index (χ3v) is 3.11. The summed E-state index contributed by atoms with van der Waals surface area (Å²) in [5, 5.41) is 15.2. The molecule has 108 valence electrons. The van der Waals surface area contributed by atoms with E-state index in [4.69, 9.17) is 9.94 Å². The zero-order valence-corrected chi connectivity index (χ0v) is 11.8. The van der Waals surface area contributed by atoms with Crippen LogP contribution in [-0.2, 0) is 4.84 Å². The average Bonchev–Trinajstić information content (AvgIpc) is 2.81. The molecule has 7 nitrogen and oxygen atoms in total. The van der Waals surface area contributed by atoms with E-state index >= 15 is 0 Å². The zero-order valence-electron chi connectivity index (χ0n) is 10.9. The topological polar surface area (TPSA) is 95.5 Å². The van der Waals surface area contributed by atoms with Crippen molar-refractivity contribution in [1.29, 1.82) is 0 Å². The van der Waals surface area contributed by atoms with E-state index in [0.717, 1.165) is 30.7 Å². The number of rotatable bonds is 9. The Morgan fingerprint density at radius 1 is 1.42 bits per heavy atom. The Balaban J connectivity index is 2.12. The van der Waals surface area contributed by atoms with E-state index < -0.39 is 0 Å². The summed E-state index contributed by atoms with van der Waals surface area (Å²) in [6.45, 7) is 0.849. The summed E-state index contributed by atoms with van der Waals surface area (Å²) in [5.41, 5.74) is 2.64. The van der Waals surface area contributed by atoms with Crippen molar-refractivity contribution in [2.24, 2.45) is 0 Å². The highest BCUT2D eigenvalue weighted by Gasteiger charge is 2.05. The number of hydrogen-bond acceptors (Lipinski definition) is 6. The molecule has 1 rings (SSSR count). The number of aliphatic hydroxyl groups excluding tert-OH is 1. The van der Waals surface area contributed by atoms with Gasteiger partial charge in [0.1, 0.15) is 5.00 Å². The summed E-state index contributed by atoms with van der Waals surface area (Å²) < 4.78 is 0. The lowest BCUT2D eigenvalue weighted by atomic mass is 10.2. The van der Waals surface area contributed by atoms with Crippen molar-refractivity contribution in [3.8, 4) is 0 Å². The third kappa shape index (κ3) is 6.94. The highest BCUT2D eigenvalue weighted by molar-refractivity contribution is 7.19. The molecule has 0 aromatic carbocycles. The van der Waals surface area contributed by atoms with Gasteiger partial charge in [-0.1, -0.05) is 24.2 Å². The van der Waals surface area contributed by atoms with Gasteiger partial charge in [-0.2, -0.15) is 0 Å². The van der Waals surface area contributed by atoms with Crippen molar-refractivity contribution in [2.45, 2.75) is 25.7 Å². The van der Waals surface area contributed by atoms with Crippen molar-refractivity contribution in [3.63, 3.8) is 0 Å². The molecule has 4 N–H and O–H groups in total. The molecule has 0 unspecified atom stereocenters. The number of hydrogen-bond donors (Lipinski definition) is 4. The summed E-state index contributed by atoms with van der Waals surface area (Å²) in [6.07, 6.45) is 5.29. The van der Waals surface area contributed by atoms with Crippen molar-refractivity contribution < 1.29 is 14.7 Å². The Kier molecular flexibility index (Phi) is 7.87. The summed E-state index contributed by atoms with van der Waals surface area (Å²) in [5.74, 6) is 0. The van der Waals surface area contributed by atoms with Crippen molar-refractivity contribution >= 4 is 27.5 Å². The van der Waals surface area contributed by atoms with Gasteiger partial charge >= 0.3 is 6.03 Å². The van der Waals surface area contributed by atoms with Crippen LogP contribution in [0.15, 0.2) is 6.20 Å². The van der Waals surface area contributed by atoms with Crippen LogP contribution in [0.1, 0.15) is 25.7 Å². The third-order valence-electron chi connectivity index (χ3n) is 2.30. The second-order valence-corrected chi connectivity index (χ2v) is 4.89. The summed E-state index contributed by atoms with van der Waals surface area (Å²) >= 11 is 1.29. The van der Waals surface area contributed by atoms with E-state index in [1.165, 1.54) is 18.4 Å². The molecule has 0 bridgehead atoms. The van der Waals surface area contributed by atoms with Gasteiger partial charge in [0.2, 0.25) is 0 Å². The standard InChI is InChI=1S/C11H20N4O3S/c1-18-15-9-8-13-11(19-9)14-10(17)12-6-4-2-3-5-7-16/h8,15-16H,2-7H2,1H3,(H2,12,13,14,17). The molecule has 0 aliphatic carbocycles. The molecular formula is C11H20N4O3S. The molecule has 0 aliphatic heterocycles. The maximum atomic E-state index is 11.5. The predicted octanol–water partition coefficient (Wildman–Crippen LogP) is 1.79. The van der Waals surface area contributed by atoms with Crippen LogP contribution in [0.3, 0.4) is 0 Å². The average molecular weight is 288 g/mol. The minimum absolute atomic E-state index is 0.232. The van der Waals surface area contributed by atoms with Crippen LogP contribution in [0.25, 0.3) is 0 Å². The van der Waals surface area contributed by atoms with E-state index in [9.17, 15) is 4.79 Å². The van der Waals surface area contributed by atoms with E-state index in [0.29, 0.717) is 11.7 Å². The Bertz CT molecular complexity index is 373. The summed E-state index contributed by atoms with van der Waals surface area (Å²) in [6, 6.07) is -0.263. The van der Waals surface area contributed by atoms with Crippen LogP contribution < -0.4 is 16.1 Å². The first-order valence-electron chi connectivity index (χ1n) is 6.17. The van der Waals surface area contributed by atoms with Gasteiger partial charge in [-0.3, -0.25) is 15.6 Å². The second-order valence-electron chi connectivity index (χ2n) is 3.85. The number of unbranched alkanes of at least 4 members (excludes halogenated alkanes) is 3. The summed E-state index contributed by atoms with van der Waals surface area (Å²) in [4.78, 5) is 20.3. The number of carbonyl (C=O) groups excluding carboxylic acids is 1. The van der Waals surface area contributed by atoms with Gasteiger partial charge in [0, 0.05) is 13.2 Å². The highest BCUT2D eigenvalue weighted by atomic mass is 32.1. The lowest BCUT2D eigenvalue weighted by Crippen LogP contribution is -2.29. The molecule has 19 heavy (non-hydrogen) atoms. The molecule has 0 aliphatic rings. The molecule has 1 aromatic rings. The minimum Gasteiger partial charge on any atom is -0.396 e. The van der Waals surface area contributed by atoms with E-state index in [1.807, 2.05) is 0 Å². The molecule has 8 heteroatoms. The van der Waals surface area contributed by atoms with Gasteiger partial charge in [-0.05, 0) is 12.8 Å². The van der Waals surface area contributed by atoms with E-state index in [2.05, 4.69) is 21.1 Å². The normalized spacial score (nSPS) is 10.2. The molecule has 1 aromatic heterocycles. The van der Waals surface area contributed by atoms with Crippen molar-refractivity contribution in [1.82, 2.24) is 10.3 Å². The number of aromatic nitrogens is 1. The Hall–Kier alpha value is -1.38. The molecule has 0 radical (unpaired) electrons. The van der Waals surface area contributed by atoms with Gasteiger partial charge in [-0.15, -0.1) is 0 Å². The van der Waals surface area contributed by atoms with Gasteiger partial charge in [0.25, 0.3) is 0 Å². The fraction of sp³-hybridized carbons (Fsp3) is 0.636. The van der Waals surface area contributed by atoms with Gasteiger partial charge < -0.3 is 10.4 Å². The maximum absolute atomic E-state index is 11.5. The predicted molar refractivity (Wildman–Crippen MR) is 75.3 cm³/mol. The minimum atomic E-state index is -0.263. The Morgan fingerprint density at radius 3 is 2.95 bits per heavy atom. The van der Waals surface area contributed by atoms with Crippen molar-refractivity contribution in [3.05, 3.63) is 6.20 Å². The van der Waals surface area contributed by atoms with Gasteiger partial charge in [0.05, 0.1) is 13.3 Å². The monoisotopic (exact) mass is 288 g/mol. The molecule has 1 heterocycles. The highest BCUT2D eigenvalue weighted by Crippen LogP contribution is 2.22. The van der Waals surface area contributed by atoms with Gasteiger partial charge in [0.15, 0.2) is 5.13 Å². The first kappa shape index (κ1) is 15.7. The first-order valence-corrected chi connectivity index (χ1v) is 6.98. The molecule has 0 atom stereocenters. The lowest BCUT2D eigenvalue weighted by molar-refractivity contribution is 0.251. The fourth-order valence-electron chi connectivity index (χ4n) is 1.41. The molecule has 0 fully saturated rings. The van der Waals surface area contributed by atoms with Gasteiger partial charge in [-0.25, -0.2) is 9.78 Å². The number of urea groups is 1. The zero-order chi connectivity index (χ0) is 13.9. The van der Waals surface area contributed by atoms with Crippen LogP contribution in [-0.4, -0.2) is 36.4 Å². The SMILES string of the molecule is CONc1cnc(NC(=O)NCCCCCCO)s1. The van der Waals surface area contributed by atoms with Crippen LogP contribution in [0, 0.1) is 0 Å². The number of amides is 2. The molecule has 2 amide bonds. The Morgan fingerprint density at radius 2 is 2.21 bits per heavy atom. The Labute approximate surface area is 116 Å². The largest absolute Gasteiger partial charge is 0.396 e. The molecular weight excluding hydrogens is 268 g/mol. The van der Waals surface area contributed by atoms with Crippen molar-refractivity contribution in [2.75, 3.05) is 31.1 Å². The number of nitrogens with one attached hydrogen (secondary N) is 3. The number of aliphatic hydroxyl groups is 1. The number of carbonyl (C=O) groups is 1. The van der Waals surface area contributed by atoms with Crippen LogP contribution in [0.5, 0.6) is 0 Å².